The number of amides is 1. The van der Waals surface area contributed by atoms with Gasteiger partial charge < -0.3 is 10.0 Å². The average Bonchev–Trinajstić information content (AvgIpc) is 3.25. The maximum atomic E-state index is 13.8. The Balaban J connectivity index is 1.59. The van der Waals surface area contributed by atoms with Crippen molar-refractivity contribution < 1.29 is 19.1 Å². The third-order valence-electron chi connectivity index (χ3n) is 7.08. The van der Waals surface area contributed by atoms with Gasteiger partial charge in [0.1, 0.15) is 11.6 Å². The zero-order valence-corrected chi connectivity index (χ0v) is 22.2. The number of nitrogens with zero attached hydrogens (tertiary/aromatic N) is 4. The van der Waals surface area contributed by atoms with E-state index in [2.05, 4.69) is 10.1 Å². The van der Waals surface area contributed by atoms with Crippen molar-refractivity contribution in [3.63, 3.8) is 0 Å². The van der Waals surface area contributed by atoms with Gasteiger partial charge in [-0.3, -0.25) is 19.3 Å². The van der Waals surface area contributed by atoms with Gasteiger partial charge in [-0.15, -0.1) is 0 Å². The molecule has 4 rings (SSSR count). The van der Waals surface area contributed by atoms with Crippen LogP contribution >= 0.6 is 23.2 Å². The highest BCUT2D eigenvalue weighted by atomic mass is 35.5. The third-order valence-corrected chi connectivity index (χ3v) is 7.69. The number of carbonyl (C=O) groups excluding carboxylic acids is 2. The van der Waals surface area contributed by atoms with E-state index in [1.54, 1.807) is 25.3 Å². The van der Waals surface area contributed by atoms with Crippen LogP contribution in [-0.4, -0.2) is 43.0 Å². The van der Waals surface area contributed by atoms with E-state index < -0.39 is 6.10 Å². The van der Waals surface area contributed by atoms with Gasteiger partial charge in [0, 0.05) is 36.1 Å². The molecule has 1 aliphatic carbocycles. The minimum Gasteiger partial charge on any atom is -0.386 e. The predicted molar refractivity (Wildman–Crippen MR) is 139 cm³/mol. The van der Waals surface area contributed by atoms with E-state index in [0.717, 1.165) is 31.4 Å². The summed E-state index contributed by atoms with van der Waals surface area (Å²) >= 11 is 12.5. The van der Waals surface area contributed by atoms with E-state index in [0.29, 0.717) is 11.1 Å². The van der Waals surface area contributed by atoms with Crippen molar-refractivity contribution in [2.24, 2.45) is 5.92 Å². The predicted octanol–water partition coefficient (Wildman–Crippen LogP) is 5.73. The van der Waals surface area contributed by atoms with Crippen molar-refractivity contribution in [1.29, 1.82) is 0 Å². The molecule has 1 aromatic carbocycles. The van der Waals surface area contributed by atoms with Crippen LogP contribution in [0, 0.1) is 18.7 Å². The molecule has 1 unspecified atom stereocenters. The van der Waals surface area contributed by atoms with Crippen molar-refractivity contribution in [2.45, 2.75) is 58.2 Å². The molecule has 0 radical (unpaired) electrons. The van der Waals surface area contributed by atoms with Crippen LogP contribution < -0.4 is 0 Å². The van der Waals surface area contributed by atoms with E-state index in [4.69, 9.17) is 23.2 Å². The lowest BCUT2D eigenvalue weighted by atomic mass is 9.84. The first-order valence-corrected chi connectivity index (χ1v) is 13.0. The smallest absolute Gasteiger partial charge is 0.257 e. The van der Waals surface area contributed by atoms with E-state index in [-0.39, 0.29) is 58.2 Å². The number of ketones is 1. The van der Waals surface area contributed by atoms with Crippen molar-refractivity contribution in [1.82, 2.24) is 19.7 Å². The molecule has 196 valence electrons. The molecule has 1 N–H and O–H groups in total. The number of aromatic nitrogens is 3. The van der Waals surface area contributed by atoms with Crippen LogP contribution in [0.4, 0.5) is 4.39 Å². The first-order chi connectivity index (χ1) is 17.7. The Morgan fingerprint density at radius 2 is 1.73 bits per heavy atom. The van der Waals surface area contributed by atoms with Crippen molar-refractivity contribution in [2.75, 3.05) is 6.54 Å². The summed E-state index contributed by atoms with van der Waals surface area (Å²) < 4.78 is 15.4. The Labute approximate surface area is 225 Å². The average molecular weight is 547 g/mol. The number of benzene rings is 1. The van der Waals surface area contributed by atoms with E-state index in [9.17, 15) is 19.1 Å². The first-order valence-electron chi connectivity index (χ1n) is 12.2. The monoisotopic (exact) mass is 546 g/mol. The second-order valence-corrected chi connectivity index (χ2v) is 10.4. The Morgan fingerprint density at radius 1 is 1.11 bits per heavy atom. The lowest BCUT2D eigenvalue weighted by molar-refractivity contribution is -0.121. The van der Waals surface area contributed by atoms with Crippen LogP contribution in [0.25, 0.3) is 0 Å². The Kier molecular flexibility index (Phi) is 8.62. The number of rotatable bonds is 8. The molecular weight excluding hydrogens is 518 g/mol. The minimum atomic E-state index is -1.18. The van der Waals surface area contributed by atoms with Gasteiger partial charge in [-0.25, -0.2) is 4.39 Å². The Hall–Kier alpha value is -2.81. The third kappa shape index (κ3) is 6.20. The minimum absolute atomic E-state index is 0.0905. The first kappa shape index (κ1) is 27.2. The standard InChI is InChI=1S/C27H29Cl2FN4O3/c1-16-22(11-32-34(16)21-9-5-19(6-10-21)17(2)35)27(37)33(14-18-3-7-20(30)8-4-18)15-25(36)26-23(28)12-31-13-24(26)29/h3-4,7-8,11-13,19,21,25,36H,5-6,9-10,14-15H2,1-2H3. The van der Waals surface area contributed by atoms with Crippen LogP contribution in [-0.2, 0) is 11.3 Å². The molecule has 0 saturated heterocycles. The molecule has 2 aromatic heterocycles. The summed E-state index contributed by atoms with van der Waals surface area (Å²) in [6.45, 7) is 3.51. The number of hydrogen-bond acceptors (Lipinski definition) is 5. The van der Waals surface area contributed by atoms with Gasteiger partial charge in [-0.2, -0.15) is 5.10 Å². The summed E-state index contributed by atoms with van der Waals surface area (Å²) in [6, 6.07) is 5.95. The van der Waals surface area contributed by atoms with Gasteiger partial charge in [0.15, 0.2) is 0 Å². The molecule has 1 atom stereocenters. The van der Waals surface area contributed by atoms with E-state index in [1.807, 2.05) is 11.6 Å². The topological polar surface area (TPSA) is 88.3 Å². The molecule has 3 aromatic rings. The number of aliphatic hydroxyl groups excluding tert-OH is 1. The van der Waals surface area contributed by atoms with Gasteiger partial charge in [0.05, 0.1) is 40.5 Å². The molecule has 1 aliphatic rings. The van der Waals surface area contributed by atoms with Crippen LogP contribution in [0.1, 0.15) is 71.9 Å². The van der Waals surface area contributed by atoms with Gasteiger partial charge in [-0.05, 0) is 57.2 Å². The highest BCUT2D eigenvalue weighted by Gasteiger charge is 2.30. The molecule has 2 heterocycles. The maximum absolute atomic E-state index is 13.8. The molecule has 1 fully saturated rings. The van der Waals surface area contributed by atoms with E-state index in [1.165, 1.54) is 29.4 Å². The molecule has 7 nitrogen and oxygen atoms in total. The molecule has 37 heavy (non-hydrogen) atoms. The molecule has 0 aliphatic heterocycles. The number of Topliss-reactive ketones (excluding diaryl/α,β-unsaturated/α-hetero) is 1. The van der Waals surface area contributed by atoms with Crippen LogP contribution in [0.15, 0.2) is 42.9 Å². The molecule has 1 amide bonds. The summed E-state index contributed by atoms with van der Waals surface area (Å²) in [6.07, 6.45) is 6.38. The van der Waals surface area contributed by atoms with Crippen LogP contribution in [0.5, 0.6) is 0 Å². The highest BCUT2D eigenvalue weighted by molar-refractivity contribution is 6.35. The fourth-order valence-electron chi connectivity index (χ4n) is 4.97. The number of aliphatic hydroxyl groups is 1. The number of halogens is 3. The van der Waals surface area contributed by atoms with Gasteiger partial charge >= 0.3 is 0 Å². The Bertz CT molecular complexity index is 1250. The Morgan fingerprint density at radius 3 is 2.32 bits per heavy atom. The fourth-order valence-corrected chi connectivity index (χ4v) is 5.58. The fraction of sp³-hybridized carbons (Fsp3) is 0.407. The zero-order valence-electron chi connectivity index (χ0n) is 20.7. The quantitative estimate of drug-likeness (QED) is 0.389. The van der Waals surface area contributed by atoms with E-state index >= 15 is 0 Å². The number of pyridine rings is 1. The molecule has 10 heteroatoms. The van der Waals surface area contributed by atoms with Crippen LogP contribution in [0.3, 0.4) is 0 Å². The maximum Gasteiger partial charge on any atom is 0.257 e. The second kappa shape index (κ2) is 11.7. The summed E-state index contributed by atoms with van der Waals surface area (Å²) in [5.41, 5.74) is 2.11. The van der Waals surface area contributed by atoms with Crippen LogP contribution in [0.2, 0.25) is 10.0 Å². The SMILES string of the molecule is CC(=O)C1CCC(n2ncc(C(=O)N(Cc3ccc(F)cc3)CC(O)c3c(Cl)cncc3Cl)c2C)CC1. The number of carbonyl (C=O) groups is 2. The normalized spacial score (nSPS) is 18.4. The number of hydrogen-bond donors (Lipinski definition) is 1. The zero-order chi connectivity index (χ0) is 26.7. The summed E-state index contributed by atoms with van der Waals surface area (Å²) in [5.74, 6) is -0.400. The molecular formula is C27H29Cl2FN4O3. The van der Waals surface area contributed by atoms with Gasteiger partial charge in [-0.1, -0.05) is 35.3 Å². The molecule has 0 spiro atoms. The summed E-state index contributed by atoms with van der Waals surface area (Å²) in [7, 11) is 0. The second-order valence-electron chi connectivity index (χ2n) is 9.55. The van der Waals surface area contributed by atoms with Crippen molar-refractivity contribution >= 4 is 34.9 Å². The lowest BCUT2D eigenvalue weighted by Crippen LogP contribution is -2.35. The largest absolute Gasteiger partial charge is 0.386 e. The highest BCUT2D eigenvalue weighted by Crippen LogP contribution is 2.34. The molecule has 0 bridgehead atoms. The van der Waals surface area contributed by atoms with Gasteiger partial charge in [0.25, 0.3) is 5.91 Å². The van der Waals surface area contributed by atoms with Gasteiger partial charge in [0.2, 0.25) is 0 Å². The summed E-state index contributed by atoms with van der Waals surface area (Å²) in [4.78, 5) is 30.9. The molecule has 1 saturated carbocycles. The van der Waals surface area contributed by atoms with Crippen molar-refractivity contribution in [3.05, 3.63) is 81.1 Å². The lowest BCUT2D eigenvalue weighted by Gasteiger charge is -2.28. The summed E-state index contributed by atoms with van der Waals surface area (Å²) in [5, 5.41) is 15.9. The van der Waals surface area contributed by atoms with Crippen molar-refractivity contribution in [3.8, 4) is 0 Å².